The molecule has 1 N–H and O–H groups in total. The van der Waals surface area contributed by atoms with Gasteiger partial charge in [-0.15, -0.1) is 0 Å². The fraction of sp³-hybridized carbons (Fsp3) is 0.167. The van der Waals surface area contributed by atoms with Crippen molar-refractivity contribution in [2.75, 3.05) is 0 Å². The van der Waals surface area contributed by atoms with E-state index in [1.807, 2.05) is 38.1 Å². The molecule has 0 saturated carbocycles. The summed E-state index contributed by atoms with van der Waals surface area (Å²) in [6.07, 6.45) is 0. The molecule has 106 valence electrons. The molecule has 1 aromatic heterocycles. The summed E-state index contributed by atoms with van der Waals surface area (Å²) < 4.78 is 5.92. The molecule has 0 spiro atoms. The average molecular weight is 280 g/mol. The van der Waals surface area contributed by atoms with Crippen LogP contribution in [0, 0.1) is 20.8 Å². The molecule has 0 atom stereocenters. The SMILES string of the molecule is Cc1ccc2c(=O)c(C)c(-c3ccc(C)c(O)c3)oc2c1. The average Bonchev–Trinajstić information content (AvgIpc) is 2.45. The van der Waals surface area contributed by atoms with E-state index in [0.717, 1.165) is 11.1 Å². The lowest BCUT2D eigenvalue weighted by atomic mass is 10.0. The molecule has 2 aromatic carbocycles. The Labute approximate surface area is 122 Å². The van der Waals surface area contributed by atoms with Gasteiger partial charge in [0.1, 0.15) is 17.1 Å². The summed E-state index contributed by atoms with van der Waals surface area (Å²) in [5.74, 6) is 0.701. The van der Waals surface area contributed by atoms with Gasteiger partial charge in [-0.2, -0.15) is 0 Å². The van der Waals surface area contributed by atoms with Crippen LogP contribution in [0.15, 0.2) is 45.6 Å². The van der Waals surface area contributed by atoms with Crippen LogP contribution in [-0.4, -0.2) is 5.11 Å². The number of hydrogen-bond acceptors (Lipinski definition) is 3. The van der Waals surface area contributed by atoms with Crippen molar-refractivity contribution in [2.45, 2.75) is 20.8 Å². The molecule has 0 aliphatic heterocycles. The van der Waals surface area contributed by atoms with Gasteiger partial charge in [0.25, 0.3) is 0 Å². The number of aryl methyl sites for hydroxylation is 2. The largest absolute Gasteiger partial charge is 0.508 e. The quantitative estimate of drug-likeness (QED) is 0.730. The molecule has 0 radical (unpaired) electrons. The molecule has 3 aromatic rings. The van der Waals surface area contributed by atoms with E-state index in [4.69, 9.17) is 4.42 Å². The predicted molar refractivity (Wildman–Crippen MR) is 83.8 cm³/mol. The summed E-state index contributed by atoms with van der Waals surface area (Å²) in [7, 11) is 0. The molecule has 3 rings (SSSR count). The van der Waals surface area contributed by atoms with E-state index >= 15 is 0 Å². The Kier molecular flexibility index (Phi) is 3.05. The van der Waals surface area contributed by atoms with Crippen molar-refractivity contribution in [3.05, 3.63) is 63.3 Å². The first-order valence-corrected chi connectivity index (χ1v) is 6.81. The number of benzene rings is 2. The van der Waals surface area contributed by atoms with Crippen LogP contribution in [0.25, 0.3) is 22.3 Å². The molecule has 0 unspecified atom stereocenters. The summed E-state index contributed by atoms with van der Waals surface area (Å²) in [5, 5.41) is 10.4. The number of phenols is 1. The summed E-state index contributed by atoms with van der Waals surface area (Å²) in [6, 6.07) is 10.8. The highest BCUT2D eigenvalue weighted by Gasteiger charge is 2.13. The maximum absolute atomic E-state index is 12.5. The second-order valence-electron chi connectivity index (χ2n) is 5.39. The molecule has 0 bridgehead atoms. The van der Waals surface area contributed by atoms with Gasteiger partial charge in [-0.25, -0.2) is 0 Å². The lowest BCUT2D eigenvalue weighted by molar-refractivity contribution is 0.471. The number of rotatable bonds is 1. The van der Waals surface area contributed by atoms with Crippen molar-refractivity contribution in [1.82, 2.24) is 0 Å². The third-order valence-corrected chi connectivity index (χ3v) is 3.75. The maximum atomic E-state index is 12.5. The van der Waals surface area contributed by atoms with E-state index in [9.17, 15) is 9.90 Å². The molecule has 0 amide bonds. The highest BCUT2D eigenvalue weighted by molar-refractivity contribution is 5.81. The van der Waals surface area contributed by atoms with E-state index in [1.54, 1.807) is 19.1 Å². The van der Waals surface area contributed by atoms with Crippen LogP contribution < -0.4 is 5.43 Å². The summed E-state index contributed by atoms with van der Waals surface area (Å²) in [6.45, 7) is 5.53. The van der Waals surface area contributed by atoms with Crippen molar-refractivity contribution in [2.24, 2.45) is 0 Å². The van der Waals surface area contributed by atoms with Gasteiger partial charge < -0.3 is 9.52 Å². The van der Waals surface area contributed by atoms with Crippen molar-refractivity contribution in [3.8, 4) is 17.1 Å². The van der Waals surface area contributed by atoms with Crippen LogP contribution in [0.4, 0.5) is 0 Å². The monoisotopic (exact) mass is 280 g/mol. The van der Waals surface area contributed by atoms with Gasteiger partial charge in [-0.05, 0) is 50.1 Å². The second-order valence-corrected chi connectivity index (χ2v) is 5.39. The van der Waals surface area contributed by atoms with Gasteiger partial charge in [0, 0.05) is 11.1 Å². The van der Waals surface area contributed by atoms with E-state index in [-0.39, 0.29) is 11.2 Å². The van der Waals surface area contributed by atoms with Gasteiger partial charge >= 0.3 is 0 Å². The maximum Gasteiger partial charge on any atom is 0.196 e. The van der Waals surface area contributed by atoms with Crippen molar-refractivity contribution >= 4 is 11.0 Å². The fourth-order valence-corrected chi connectivity index (χ4v) is 2.42. The fourth-order valence-electron chi connectivity index (χ4n) is 2.42. The zero-order valence-corrected chi connectivity index (χ0v) is 12.2. The standard InChI is InChI=1S/C18H16O3/c1-10-4-7-14-16(8-10)21-18(12(3)17(14)20)13-6-5-11(2)15(19)9-13/h4-9,19H,1-3H3. The van der Waals surface area contributed by atoms with Crippen LogP contribution in [-0.2, 0) is 0 Å². The van der Waals surface area contributed by atoms with E-state index in [2.05, 4.69) is 0 Å². The highest BCUT2D eigenvalue weighted by Crippen LogP contribution is 2.29. The molecule has 0 aliphatic carbocycles. The summed E-state index contributed by atoms with van der Waals surface area (Å²) in [4.78, 5) is 12.5. The first-order valence-electron chi connectivity index (χ1n) is 6.81. The van der Waals surface area contributed by atoms with Crippen molar-refractivity contribution in [1.29, 1.82) is 0 Å². The first-order chi connectivity index (χ1) is 9.97. The van der Waals surface area contributed by atoms with Crippen LogP contribution in [0.2, 0.25) is 0 Å². The van der Waals surface area contributed by atoms with Gasteiger partial charge in [-0.3, -0.25) is 4.79 Å². The lowest BCUT2D eigenvalue weighted by Gasteiger charge is -2.09. The molecule has 0 saturated heterocycles. The number of aromatic hydroxyl groups is 1. The van der Waals surface area contributed by atoms with Crippen molar-refractivity contribution in [3.63, 3.8) is 0 Å². The van der Waals surface area contributed by atoms with E-state index in [0.29, 0.717) is 27.9 Å². The lowest BCUT2D eigenvalue weighted by Crippen LogP contribution is -2.07. The third-order valence-electron chi connectivity index (χ3n) is 3.75. The van der Waals surface area contributed by atoms with Crippen molar-refractivity contribution < 1.29 is 9.52 Å². The van der Waals surface area contributed by atoms with Gasteiger partial charge in [0.15, 0.2) is 5.43 Å². The highest BCUT2D eigenvalue weighted by atomic mass is 16.3. The van der Waals surface area contributed by atoms with E-state index in [1.165, 1.54) is 0 Å². The molecular weight excluding hydrogens is 264 g/mol. The molecule has 3 nitrogen and oxygen atoms in total. The number of hydrogen-bond donors (Lipinski definition) is 1. The summed E-state index contributed by atoms with van der Waals surface area (Å²) >= 11 is 0. The topological polar surface area (TPSA) is 50.4 Å². The van der Waals surface area contributed by atoms with Crippen LogP contribution in [0.3, 0.4) is 0 Å². The van der Waals surface area contributed by atoms with Crippen LogP contribution in [0.1, 0.15) is 16.7 Å². The Morgan fingerprint density at radius 1 is 1.00 bits per heavy atom. The predicted octanol–water partition coefficient (Wildman–Crippen LogP) is 4.09. The smallest absolute Gasteiger partial charge is 0.196 e. The second kappa shape index (κ2) is 4.77. The minimum Gasteiger partial charge on any atom is -0.508 e. The van der Waals surface area contributed by atoms with Gasteiger partial charge in [-0.1, -0.05) is 18.2 Å². The molecule has 0 fully saturated rings. The number of fused-ring (bicyclic) bond motifs is 1. The molecule has 21 heavy (non-hydrogen) atoms. The zero-order valence-electron chi connectivity index (χ0n) is 12.2. The van der Waals surface area contributed by atoms with Gasteiger partial charge in [0.05, 0.1) is 5.39 Å². The molecule has 1 heterocycles. The normalized spacial score (nSPS) is 11.0. The molecular formula is C18H16O3. The minimum absolute atomic E-state index is 0.0358. The van der Waals surface area contributed by atoms with Gasteiger partial charge in [0.2, 0.25) is 0 Å². The first kappa shape index (κ1) is 13.4. The minimum atomic E-state index is -0.0358. The van der Waals surface area contributed by atoms with Crippen LogP contribution >= 0.6 is 0 Å². The Balaban J connectivity index is 2.34. The Bertz CT molecular complexity index is 904. The number of phenolic OH excluding ortho intramolecular Hbond substituents is 1. The third kappa shape index (κ3) is 2.21. The Morgan fingerprint density at radius 2 is 1.76 bits per heavy atom. The Hall–Kier alpha value is -2.55. The van der Waals surface area contributed by atoms with E-state index < -0.39 is 0 Å². The van der Waals surface area contributed by atoms with Crippen LogP contribution in [0.5, 0.6) is 5.75 Å². The summed E-state index contributed by atoms with van der Waals surface area (Å²) in [5.41, 5.74) is 3.61. The Morgan fingerprint density at radius 3 is 2.48 bits per heavy atom. The zero-order chi connectivity index (χ0) is 15.1. The molecule has 3 heteroatoms. The molecule has 0 aliphatic rings.